The maximum absolute atomic E-state index is 12.8. The molecular formula is C22H26N2O4. The molecule has 148 valence electrons. The summed E-state index contributed by atoms with van der Waals surface area (Å²) in [5, 5.41) is 5.52. The van der Waals surface area contributed by atoms with Gasteiger partial charge in [-0.15, -0.1) is 0 Å². The zero-order valence-electron chi connectivity index (χ0n) is 16.7. The van der Waals surface area contributed by atoms with Gasteiger partial charge in [0.2, 0.25) is 11.8 Å². The van der Waals surface area contributed by atoms with Gasteiger partial charge in [-0.25, -0.2) is 4.79 Å². The molecule has 0 saturated heterocycles. The molecule has 0 heterocycles. The Morgan fingerprint density at radius 1 is 0.857 bits per heavy atom. The monoisotopic (exact) mass is 382 g/mol. The molecule has 6 nitrogen and oxygen atoms in total. The summed E-state index contributed by atoms with van der Waals surface area (Å²) >= 11 is 0. The van der Waals surface area contributed by atoms with Gasteiger partial charge in [-0.1, -0.05) is 37.3 Å². The van der Waals surface area contributed by atoms with E-state index in [2.05, 4.69) is 10.6 Å². The van der Waals surface area contributed by atoms with Gasteiger partial charge < -0.3 is 15.4 Å². The molecule has 2 aromatic carbocycles. The molecular weight excluding hydrogens is 356 g/mol. The molecule has 0 spiro atoms. The van der Waals surface area contributed by atoms with Crippen molar-refractivity contribution in [2.75, 3.05) is 17.2 Å². The van der Waals surface area contributed by atoms with Crippen molar-refractivity contribution in [2.24, 2.45) is 5.41 Å². The van der Waals surface area contributed by atoms with Crippen LogP contribution >= 0.6 is 0 Å². The van der Waals surface area contributed by atoms with E-state index >= 15 is 0 Å². The zero-order valence-corrected chi connectivity index (χ0v) is 16.7. The second-order valence-corrected chi connectivity index (χ2v) is 6.81. The van der Waals surface area contributed by atoms with Crippen LogP contribution < -0.4 is 10.6 Å². The Hall–Kier alpha value is -3.15. The van der Waals surface area contributed by atoms with Crippen LogP contribution in [-0.4, -0.2) is 24.4 Å². The summed E-state index contributed by atoms with van der Waals surface area (Å²) in [5.41, 5.74) is 0.858. The molecule has 0 radical (unpaired) electrons. The van der Waals surface area contributed by atoms with E-state index in [1.54, 1.807) is 51.1 Å². The molecule has 0 fully saturated rings. The Morgan fingerprint density at radius 3 is 2.00 bits per heavy atom. The lowest BCUT2D eigenvalue weighted by atomic mass is 9.90. The largest absolute Gasteiger partial charge is 0.462 e. The minimum atomic E-state index is -1.36. The van der Waals surface area contributed by atoms with Gasteiger partial charge in [0.25, 0.3) is 0 Å². The third-order valence-electron chi connectivity index (χ3n) is 4.45. The van der Waals surface area contributed by atoms with Gasteiger partial charge in [-0.3, -0.25) is 9.59 Å². The predicted octanol–water partition coefficient (Wildman–Crippen LogP) is 4.03. The first-order valence-corrected chi connectivity index (χ1v) is 9.28. The van der Waals surface area contributed by atoms with Gasteiger partial charge in [0.05, 0.1) is 17.9 Å². The molecule has 0 bridgehead atoms. The molecule has 0 aliphatic carbocycles. The number of hydrogen-bond donors (Lipinski definition) is 2. The molecule has 0 aliphatic heterocycles. The summed E-state index contributed by atoms with van der Waals surface area (Å²) < 4.78 is 5.02. The van der Waals surface area contributed by atoms with E-state index in [1.165, 1.54) is 0 Å². The Kier molecular flexibility index (Phi) is 6.93. The highest BCUT2D eigenvalue weighted by molar-refractivity contribution is 6.15. The van der Waals surface area contributed by atoms with Gasteiger partial charge in [0.1, 0.15) is 5.41 Å². The van der Waals surface area contributed by atoms with Crippen LogP contribution in [0.1, 0.15) is 43.6 Å². The Bertz CT molecular complexity index is 874. The average Bonchev–Trinajstić information content (AvgIpc) is 2.68. The minimum Gasteiger partial charge on any atom is -0.462 e. The van der Waals surface area contributed by atoms with E-state index in [1.807, 2.05) is 25.1 Å². The molecule has 28 heavy (non-hydrogen) atoms. The first-order chi connectivity index (χ1) is 13.3. The van der Waals surface area contributed by atoms with Gasteiger partial charge in [0, 0.05) is 5.69 Å². The maximum Gasteiger partial charge on any atom is 0.340 e. The highest BCUT2D eigenvalue weighted by Crippen LogP contribution is 2.25. The topological polar surface area (TPSA) is 84.5 Å². The summed E-state index contributed by atoms with van der Waals surface area (Å²) in [7, 11) is 0. The standard InChI is InChI=1S/C22H26N2O4/c1-5-15-11-7-9-13-17(15)23-20(26)22(3,4)21(27)24-18-14-10-8-12-16(18)19(25)28-6-2/h7-14H,5-6H2,1-4H3,(H,23,26)(H,24,27). The molecule has 0 aliphatic rings. The average molecular weight is 382 g/mol. The van der Waals surface area contributed by atoms with E-state index in [4.69, 9.17) is 4.74 Å². The van der Waals surface area contributed by atoms with Crippen LogP contribution in [0.4, 0.5) is 11.4 Å². The molecule has 2 rings (SSSR count). The number of carbonyl (C=O) groups excluding carboxylic acids is 3. The van der Waals surface area contributed by atoms with Gasteiger partial charge in [-0.05, 0) is 51.0 Å². The zero-order chi connectivity index (χ0) is 20.7. The van der Waals surface area contributed by atoms with E-state index in [-0.39, 0.29) is 12.2 Å². The quantitative estimate of drug-likeness (QED) is 0.559. The third-order valence-corrected chi connectivity index (χ3v) is 4.45. The number of rotatable bonds is 7. The van der Waals surface area contributed by atoms with Crippen molar-refractivity contribution in [3.05, 3.63) is 59.7 Å². The SMILES string of the molecule is CCOC(=O)c1ccccc1NC(=O)C(C)(C)C(=O)Nc1ccccc1CC. The van der Waals surface area contributed by atoms with Crippen molar-refractivity contribution in [3.63, 3.8) is 0 Å². The van der Waals surface area contributed by atoms with Crippen molar-refractivity contribution in [1.82, 2.24) is 0 Å². The van der Waals surface area contributed by atoms with Crippen LogP contribution in [0.25, 0.3) is 0 Å². The van der Waals surface area contributed by atoms with Crippen LogP contribution in [0, 0.1) is 5.41 Å². The van der Waals surface area contributed by atoms with Crippen molar-refractivity contribution < 1.29 is 19.1 Å². The maximum atomic E-state index is 12.8. The number of para-hydroxylation sites is 2. The Morgan fingerprint density at radius 2 is 1.39 bits per heavy atom. The van der Waals surface area contributed by atoms with Crippen molar-refractivity contribution in [1.29, 1.82) is 0 Å². The lowest BCUT2D eigenvalue weighted by Gasteiger charge is -2.24. The number of ether oxygens (including phenoxy) is 1. The number of hydrogen-bond acceptors (Lipinski definition) is 4. The summed E-state index contributed by atoms with van der Waals surface area (Å²) in [6.45, 7) is 7.01. The fourth-order valence-corrected chi connectivity index (χ4v) is 2.59. The lowest BCUT2D eigenvalue weighted by Crippen LogP contribution is -2.42. The van der Waals surface area contributed by atoms with Crippen molar-refractivity contribution in [3.8, 4) is 0 Å². The molecule has 0 atom stereocenters. The van der Waals surface area contributed by atoms with Gasteiger partial charge in [0.15, 0.2) is 0 Å². The number of esters is 1. The molecule has 0 saturated carbocycles. The molecule has 0 unspecified atom stereocenters. The molecule has 0 aromatic heterocycles. The fraction of sp³-hybridized carbons (Fsp3) is 0.318. The number of carbonyl (C=O) groups is 3. The van der Waals surface area contributed by atoms with E-state index < -0.39 is 23.2 Å². The van der Waals surface area contributed by atoms with Crippen LogP contribution in [-0.2, 0) is 20.7 Å². The first-order valence-electron chi connectivity index (χ1n) is 9.28. The molecule has 6 heteroatoms. The highest BCUT2D eigenvalue weighted by atomic mass is 16.5. The predicted molar refractivity (Wildman–Crippen MR) is 109 cm³/mol. The normalized spacial score (nSPS) is 10.9. The fourth-order valence-electron chi connectivity index (χ4n) is 2.59. The third kappa shape index (κ3) is 4.76. The highest BCUT2D eigenvalue weighted by Gasteiger charge is 2.37. The number of aryl methyl sites for hydroxylation is 1. The molecule has 2 N–H and O–H groups in total. The summed E-state index contributed by atoms with van der Waals surface area (Å²) in [4.78, 5) is 37.7. The van der Waals surface area contributed by atoms with Crippen LogP contribution in [0.5, 0.6) is 0 Å². The summed E-state index contributed by atoms with van der Waals surface area (Å²) in [6, 6.07) is 14.0. The summed E-state index contributed by atoms with van der Waals surface area (Å²) in [6.07, 6.45) is 0.760. The van der Waals surface area contributed by atoms with Gasteiger partial charge in [-0.2, -0.15) is 0 Å². The number of amides is 2. The second-order valence-electron chi connectivity index (χ2n) is 6.81. The number of benzene rings is 2. The van der Waals surface area contributed by atoms with Crippen LogP contribution in [0.3, 0.4) is 0 Å². The van der Waals surface area contributed by atoms with Crippen LogP contribution in [0.2, 0.25) is 0 Å². The van der Waals surface area contributed by atoms with Gasteiger partial charge >= 0.3 is 5.97 Å². The Labute approximate surface area is 165 Å². The summed E-state index contributed by atoms with van der Waals surface area (Å²) in [5.74, 6) is -1.48. The molecule has 2 amide bonds. The smallest absolute Gasteiger partial charge is 0.340 e. The first kappa shape index (κ1) is 21.2. The second kappa shape index (κ2) is 9.17. The number of anilines is 2. The van der Waals surface area contributed by atoms with E-state index in [9.17, 15) is 14.4 Å². The van der Waals surface area contributed by atoms with E-state index in [0.717, 1.165) is 12.0 Å². The minimum absolute atomic E-state index is 0.228. The number of nitrogens with one attached hydrogen (secondary N) is 2. The van der Waals surface area contributed by atoms with Crippen LogP contribution in [0.15, 0.2) is 48.5 Å². The van der Waals surface area contributed by atoms with Crippen molar-refractivity contribution in [2.45, 2.75) is 34.1 Å². The van der Waals surface area contributed by atoms with E-state index in [0.29, 0.717) is 11.4 Å². The molecule has 2 aromatic rings. The Balaban J connectivity index is 2.19. The lowest BCUT2D eigenvalue weighted by molar-refractivity contribution is -0.135. The van der Waals surface area contributed by atoms with Crippen molar-refractivity contribution >= 4 is 29.2 Å².